The van der Waals surface area contributed by atoms with Gasteiger partial charge in [-0.25, -0.2) is 4.68 Å². The van der Waals surface area contributed by atoms with E-state index in [0.717, 1.165) is 43.4 Å². The number of nitrogens with two attached hydrogens (primary N) is 1. The zero-order valence-corrected chi connectivity index (χ0v) is 19.8. The number of hydrogen-bond acceptors (Lipinski definition) is 4. The lowest BCUT2D eigenvalue weighted by molar-refractivity contribution is 0.151. The second-order valence-electron chi connectivity index (χ2n) is 8.17. The minimum atomic E-state index is 0. The van der Waals surface area contributed by atoms with Crippen LogP contribution < -0.4 is 11.1 Å². The van der Waals surface area contributed by atoms with Crippen LogP contribution in [0.3, 0.4) is 0 Å². The lowest BCUT2D eigenvalue weighted by Gasteiger charge is -2.38. The molecule has 7 nitrogen and oxygen atoms in total. The lowest BCUT2D eigenvalue weighted by Crippen LogP contribution is -2.42. The number of nitrogens with one attached hydrogen (secondary N) is 1. The zero-order chi connectivity index (χ0) is 20.3. The first-order valence-corrected chi connectivity index (χ1v) is 10.4. The minimum Gasteiger partial charge on any atom is -0.382 e. The van der Waals surface area contributed by atoms with Crippen LogP contribution in [0, 0.1) is 16.7 Å². The largest absolute Gasteiger partial charge is 0.382 e. The Morgan fingerprint density at radius 2 is 2.07 bits per heavy atom. The first kappa shape index (κ1) is 22.4. The number of nitrogens with zero attached hydrogens (tertiary/aromatic N) is 5. The molecule has 1 aromatic heterocycles. The maximum atomic E-state index is 9.54. The molecule has 4 rings (SSSR count). The van der Waals surface area contributed by atoms with Gasteiger partial charge in [-0.3, -0.25) is 4.99 Å². The average molecular weight is 519 g/mol. The third kappa shape index (κ3) is 4.41. The van der Waals surface area contributed by atoms with Crippen LogP contribution in [-0.4, -0.2) is 47.3 Å². The highest BCUT2D eigenvalue weighted by Gasteiger charge is 2.43. The van der Waals surface area contributed by atoms with E-state index in [9.17, 15) is 5.26 Å². The van der Waals surface area contributed by atoms with Crippen LogP contribution in [0.4, 0.5) is 5.82 Å². The Labute approximate surface area is 195 Å². The van der Waals surface area contributed by atoms with Gasteiger partial charge in [-0.2, -0.15) is 10.4 Å². The smallest absolute Gasteiger partial charge is 0.193 e. The summed E-state index contributed by atoms with van der Waals surface area (Å²) < 4.78 is 1.66. The monoisotopic (exact) mass is 519 g/mol. The fraction of sp³-hybridized carbons (Fsp3) is 0.500. The van der Waals surface area contributed by atoms with Gasteiger partial charge in [-0.15, -0.1) is 24.0 Å². The molecule has 3 N–H and O–H groups in total. The van der Waals surface area contributed by atoms with Gasteiger partial charge in [-0.05, 0) is 49.7 Å². The standard InChI is InChI=1S/C22H29N7.HI/c1-25-21(28-14-12-22(16-28)10-6-11-22)26-13-5-9-19-18(15-23)20(24)29(27-19)17-7-3-2-4-8-17;/h2-4,7-8H,5-6,9-14,16,24H2,1H3,(H,25,26);1H. The maximum Gasteiger partial charge on any atom is 0.193 e. The van der Waals surface area contributed by atoms with Crippen LogP contribution in [-0.2, 0) is 6.42 Å². The number of aliphatic imine (C=N–C) groups is 1. The van der Waals surface area contributed by atoms with Crippen molar-refractivity contribution < 1.29 is 0 Å². The highest BCUT2D eigenvalue weighted by Crippen LogP contribution is 2.47. The number of para-hydroxylation sites is 1. The van der Waals surface area contributed by atoms with E-state index < -0.39 is 0 Å². The molecule has 2 aromatic rings. The van der Waals surface area contributed by atoms with Crippen LogP contribution in [0.15, 0.2) is 35.3 Å². The Kier molecular flexibility index (Phi) is 7.23. The minimum absolute atomic E-state index is 0. The summed E-state index contributed by atoms with van der Waals surface area (Å²) in [6.07, 6.45) is 6.94. The first-order chi connectivity index (χ1) is 14.2. The predicted molar refractivity (Wildman–Crippen MR) is 130 cm³/mol. The number of aromatic nitrogens is 2. The van der Waals surface area contributed by atoms with E-state index >= 15 is 0 Å². The number of benzene rings is 1. The molecule has 8 heteroatoms. The number of nitriles is 1. The Balaban J connectivity index is 0.00000256. The van der Waals surface area contributed by atoms with Crippen LogP contribution >= 0.6 is 24.0 Å². The summed E-state index contributed by atoms with van der Waals surface area (Å²) in [5.41, 5.74) is 8.83. The highest BCUT2D eigenvalue weighted by atomic mass is 127. The van der Waals surface area contributed by atoms with Crippen LogP contribution in [0.2, 0.25) is 0 Å². The van der Waals surface area contributed by atoms with E-state index in [-0.39, 0.29) is 24.0 Å². The number of nitrogen functional groups attached to an aromatic ring is 1. The van der Waals surface area contributed by atoms with Gasteiger partial charge in [0.05, 0.1) is 11.4 Å². The Morgan fingerprint density at radius 1 is 1.30 bits per heavy atom. The molecule has 0 radical (unpaired) electrons. The molecule has 1 saturated heterocycles. The van der Waals surface area contributed by atoms with Crippen molar-refractivity contribution in [2.45, 2.75) is 38.5 Å². The van der Waals surface area contributed by atoms with Gasteiger partial charge >= 0.3 is 0 Å². The molecule has 1 aromatic carbocycles. The van der Waals surface area contributed by atoms with Gasteiger partial charge in [0.2, 0.25) is 0 Å². The molecule has 160 valence electrons. The number of likely N-dealkylation sites (tertiary alicyclic amines) is 1. The molecular weight excluding hydrogens is 489 g/mol. The SMILES string of the molecule is CN=C(NCCCc1nn(-c2ccccc2)c(N)c1C#N)N1CCC2(CCC2)C1.I. The summed E-state index contributed by atoms with van der Waals surface area (Å²) >= 11 is 0. The normalized spacial score (nSPS) is 17.3. The molecule has 0 amide bonds. The van der Waals surface area contributed by atoms with Gasteiger partial charge in [0.25, 0.3) is 0 Å². The summed E-state index contributed by atoms with van der Waals surface area (Å²) in [6.45, 7) is 3.01. The molecule has 2 aliphatic rings. The fourth-order valence-electron chi connectivity index (χ4n) is 4.53. The summed E-state index contributed by atoms with van der Waals surface area (Å²) in [5, 5.41) is 17.6. The lowest BCUT2D eigenvalue weighted by atomic mass is 9.68. The van der Waals surface area contributed by atoms with Gasteiger partial charge in [-0.1, -0.05) is 24.6 Å². The third-order valence-corrected chi connectivity index (χ3v) is 6.34. The fourth-order valence-corrected chi connectivity index (χ4v) is 4.53. The molecule has 1 aliphatic carbocycles. The van der Waals surface area contributed by atoms with Gasteiger partial charge < -0.3 is 16.0 Å². The maximum absolute atomic E-state index is 9.54. The molecular formula is C22H30IN7. The molecule has 2 fully saturated rings. The topological polar surface area (TPSA) is 95.3 Å². The van der Waals surface area contributed by atoms with E-state index in [1.165, 1.54) is 25.7 Å². The van der Waals surface area contributed by atoms with Crippen molar-refractivity contribution in [2.75, 3.05) is 32.4 Å². The van der Waals surface area contributed by atoms with Gasteiger partial charge in [0, 0.05) is 26.7 Å². The van der Waals surface area contributed by atoms with Crippen LogP contribution in [0.1, 0.15) is 43.4 Å². The second-order valence-corrected chi connectivity index (χ2v) is 8.17. The van der Waals surface area contributed by atoms with Crippen molar-refractivity contribution in [3.8, 4) is 11.8 Å². The van der Waals surface area contributed by atoms with Crippen molar-refractivity contribution in [1.82, 2.24) is 20.0 Å². The molecule has 1 spiro atoms. The Bertz CT molecular complexity index is 925. The van der Waals surface area contributed by atoms with E-state index in [2.05, 4.69) is 26.4 Å². The van der Waals surface area contributed by atoms with Crippen molar-refractivity contribution in [3.63, 3.8) is 0 Å². The summed E-state index contributed by atoms with van der Waals surface area (Å²) in [4.78, 5) is 6.86. The molecule has 30 heavy (non-hydrogen) atoms. The number of anilines is 1. The van der Waals surface area contributed by atoms with Gasteiger partial charge in [0.15, 0.2) is 5.96 Å². The van der Waals surface area contributed by atoms with E-state index in [0.29, 0.717) is 23.2 Å². The number of halogens is 1. The molecule has 1 aliphatic heterocycles. The molecule has 0 bridgehead atoms. The summed E-state index contributed by atoms with van der Waals surface area (Å²) in [5.74, 6) is 1.39. The Hall–Kier alpha value is -2.28. The van der Waals surface area contributed by atoms with E-state index in [1.807, 2.05) is 37.4 Å². The summed E-state index contributed by atoms with van der Waals surface area (Å²) in [7, 11) is 1.85. The zero-order valence-electron chi connectivity index (χ0n) is 17.5. The summed E-state index contributed by atoms with van der Waals surface area (Å²) in [6, 6.07) is 11.9. The first-order valence-electron chi connectivity index (χ1n) is 10.4. The van der Waals surface area contributed by atoms with E-state index in [1.54, 1.807) is 4.68 Å². The van der Waals surface area contributed by atoms with Crippen molar-refractivity contribution in [1.29, 1.82) is 5.26 Å². The Morgan fingerprint density at radius 3 is 2.67 bits per heavy atom. The van der Waals surface area contributed by atoms with Crippen molar-refractivity contribution in [2.24, 2.45) is 10.4 Å². The van der Waals surface area contributed by atoms with Crippen LogP contribution in [0.25, 0.3) is 5.69 Å². The molecule has 2 heterocycles. The molecule has 0 unspecified atom stereocenters. The highest BCUT2D eigenvalue weighted by molar-refractivity contribution is 14.0. The number of rotatable bonds is 5. The quantitative estimate of drug-likeness (QED) is 0.274. The molecule has 1 saturated carbocycles. The van der Waals surface area contributed by atoms with Crippen LogP contribution in [0.5, 0.6) is 0 Å². The number of guanidine groups is 1. The third-order valence-electron chi connectivity index (χ3n) is 6.34. The molecule has 0 atom stereocenters. The number of aryl methyl sites for hydroxylation is 1. The average Bonchev–Trinajstić information content (AvgIpc) is 3.31. The van der Waals surface area contributed by atoms with Crippen molar-refractivity contribution >= 4 is 35.8 Å². The predicted octanol–water partition coefficient (Wildman–Crippen LogP) is 3.33. The van der Waals surface area contributed by atoms with Crippen molar-refractivity contribution in [3.05, 3.63) is 41.6 Å². The van der Waals surface area contributed by atoms with Gasteiger partial charge in [0.1, 0.15) is 17.5 Å². The number of hydrogen-bond donors (Lipinski definition) is 2. The van der Waals surface area contributed by atoms with E-state index in [4.69, 9.17) is 5.73 Å². The second kappa shape index (κ2) is 9.69.